The molecule has 0 aliphatic carbocycles. The van der Waals surface area contributed by atoms with Gasteiger partial charge in [0, 0.05) is 22.7 Å². The SMILES string of the molecule is Cc1oc(-c2nc(N)c(C#N)nc2-c2ccc3ncccc3c2)c(C)c1C. The molecule has 3 heterocycles. The quantitative estimate of drug-likeness (QED) is 0.574. The van der Waals surface area contributed by atoms with Crippen LogP contribution in [0.25, 0.3) is 33.6 Å². The van der Waals surface area contributed by atoms with Gasteiger partial charge in [0.2, 0.25) is 0 Å². The number of aryl methyl sites for hydroxylation is 1. The van der Waals surface area contributed by atoms with Crippen LogP contribution in [-0.4, -0.2) is 15.0 Å². The predicted molar refractivity (Wildman–Crippen MR) is 104 cm³/mol. The number of nitriles is 1. The first-order valence-corrected chi connectivity index (χ1v) is 8.49. The lowest BCUT2D eigenvalue weighted by Crippen LogP contribution is -2.03. The number of nitrogens with two attached hydrogens (primary N) is 1. The van der Waals surface area contributed by atoms with Crippen molar-refractivity contribution in [3.63, 3.8) is 0 Å². The van der Waals surface area contributed by atoms with Gasteiger partial charge in [0.25, 0.3) is 0 Å². The first kappa shape index (κ1) is 16.7. The zero-order valence-corrected chi connectivity index (χ0v) is 15.2. The summed E-state index contributed by atoms with van der Waals surface area (Å²) in [6.07, 6.45) is 1.75. The summed E-state index contributed by atoms with van der Waals surface area (Å²) in [5.41, 5.74) is 10.9. The molecule has 0 saturated heterocycles. The van der Waals surface area contributed by atoms with Gasteiger partial charge in [-0.15, -0.1) is 0 Å². The highest BCUT2D eigenvalue weighted by atomic mass is 16.3. The van der Waals surface area contributed by atoms with E-state index in [1.54, 1.807) is 6.20 Å². The molecule has 1 aromatic carbocycles. The monoisotopic (exact) mass is 355 g/mol. The molecule has 2 N–H and O–H groups in total. The smallest absolute Gasteiger partial charge is 0.183 e. The van der Waals surface area contributed by atoms with E-state index in [9.17, 15) is 5.26 Å². The van der Waals surface area contributed by atoms with E-state index in [0.29, 0.717) is 17.1 Å². The molecule has 0 fully saturated rings. The molecule has 0 spiro atoms. The van der Waals surface area contributed by atoms with Crippen LogP contribution in [0.1, 0.15) is 22.6 Å². The molecule has 3 aromatic heterocycles. The van der Waals surface area contributed by atoms with Gasteiger partial charge in [-0.3, -0.25) is 4.98 Å². The number of nitrogens with zero attached hydrogens (tertiary/aromatic N) is 4. The summed E-state index contributed by atoms with van der Waals surface area (Å²) in [4.78, 5) is 13.3. The number of hydrogen-bond acceptors (Lipinski definition) is 6. The Balaban J connectivity index is 2.03. The number of rotatable bonds is 2. The maximum absolute atomic E-state index is 9.36. The zero-order chi connectivity index (χ0) is 19.1. The van der Waals surface area contributed by atoms with Gasteiger partial charge in [-0.25, -0.2) is 9.97 Å². The van der Waals surface area contributed by atoms with Gasteiger partial charge in [0.15, 0.2) is 17.3 Å². The van der Waals surface area contributed by atoms with E-state index < -0.39 is 0 Å². The van der Waals surface area contributed by atoms with Gasteiger partial charge < -0.3 is 10.2 Å². The van der Waals surface area contributed by atoms with Crippen molar-refractivity contribution in [3.8, 4) is 28.8 Å². The molecule has 0 amide bonds. The molecule has 0 atom stereocenters. The van der Waals surface area contributed by atoms with Gasteiger partial charge in [-0.2, -0.15) is 5.26 Å². The average Bonchev–Trinajstić information content (AvgIpc) is 2.94. The number of anilines is 1. The van der Waals surface area contributed by atoms with Crippen molar-refractivity contribution in [2.75, 3.05) is 5.73 Å². The standard InChI is InChI=1S/C21H17N5O/c1-11-12(2)20(27-13(11)3)19-18(25-17(10-22)21(23)26-19)15-6-7-16-14(9-15)5-4-8-24-16/h4-9H,1-3H3,(H2,23,26). The van der Waals surface area contributed by atoms with Crippen LogP contribution in [0.4, 0.5) is 5.82 Å². The van der Waals surface area contributed by atoms with Gasteiger partial charge >= 0.3 is 0 Å². The normalized spacial score (nSPS) is 10.9. The highest BCUT2D eigenvalue weighted by Crippen LogP contribution is 2.36. The maximum atomic E-state index is 9.36. The maximum Gasteiger partial charge on any atom is 0.183 e. The van der Waals surface area contributed by atoms with E-state index in [2.05, 4.69) is 15.0 Å². The third-order valence-corrected chi connectivity index (χ3v) is 4.81. The highest BCUT2D eigenvalue weighted by Gasteiger charge is 2.22. The third kappa shape index (κ3) is 2.70. The molecule has 6 nitrogen and oxygen atoms in total. The number of hydrogen-bond donors (Lipinski definition) is 1. The van der Waals surface area contributed by atoms with E-state index in [4.69, 9.17) is 10.2 Å². The minimum atomic E-state index is 0.0878. The number of benzene rings is 1. The zero-order valence-electron chi connectivity index (χ0n) is 15.2. The molecule has 6 heteroatoms. The van der Waals surface area contributed by atoms with Crippen molar-refractivity contribution < 1.29 is 4.42 Å². The van der Waals surface area contributed by atoms with E-state index in [0.717, 1.165) is 33.4 Å². The average molecular weight is 355 g/mol. The van der Waals surface area contributed by atoms with Crippen LogP contribution in [0.5, 0.6) is 0 Å². The highest BCUT2D eigenvalue weighted by molar-refractivity contribution is 5.87. The van der Waals surface area contributed by atoms with Crippen molar-refractivity contribution in [1.82, 2.24) is 15.0 Å². The van der Waals surface area contributed by atoms with Crippen LogP contribution in [0.3, 0.4) is 0 Å². The molecule has 27 heavy (non-hydrogen) atoms. The molecule has 0 bridgehead atoms. The van der Waals surface area contributed by atoms with Crippen LogP contribution in [0.2, 0.25) is 0 Å². The second kappa shape index (κ2) is 6.22. The second-order valence-corrected chi connectivity index (χ2v) is 6.41. The number of fused-ring (bicyclic) bond motifs is 1. The van der Waals surface area contributed by atoms with Gasteiger partial charge in [-0.1, -0.05) is 12.1 Å². The summed E-state index contributed by atoms with van der Waals surface area (Å²) >= 11 is 0. The summed E-state index contributed by atoms with van der Waals surface area (Å²) < 4.78 is 5.96. The van der Waals surface area contributed by atoms with E-state index in [1.165, 1.54) is 0 Å². The molecular weight excluding hydrogens is 338 g/mol. The Labute approximate surface area is 156 Å². The molecule has 0 unspecified atom stereocenters. The lowest BCUT2D eigenvalue weighted by atomic mass is 10.0. The summed E-state index contributed by atoms with van der Waals surface area (Å²) in [5.74, 6) is 1.53. The summed E-state index contributed by atoms with van der Waals surface area (Å²) in [5, 5.41) is 10.3. The minimum absolute atomic E-state index is 0.0878. The molecular formula is C21H17N5O. The van der Waals surface area contributed by atoms with Crippen LogP contribution in [0.15, 0.2) is 40.9 Å². The van der Waals surface area contributed by atoms with E-state index in [-0.39, 0.29) is 11.5 Å². The number of pyridine rings is 1. The minimum Gasteiger partial charge on any atom is -0.459 e. The molecule has 0 saturated carbocycles. The van der Waals surface area contributed by atoms with Crippen molar-refractivity contribution in [1.29, 1.82) is 5.26 Å². The van der Waals surface area contributed by atoms with Crippen molar-refractivity contribution >= 4 is 16.7 Å². The second-order valence-electron chi connectivity index (χ2n) is 6.41. The van der Waals surface area contributed by atoms with Crippen LogP contribution < -0.4 is 5.73 Å². The van der Waals surface area contributed by atoms with Crippen LogP contribution >= 0.6 is 0 Å². The molecule has 4 aromatic rings. The van der Waals surface area contributed by atoms with Crippen LogP contribution in [0, 0.1) is 32.1 Å². The van der Waals surface area contributed by atoms with Gasteiger partial charge in [0.05, 0.1) is 5.52 Å². The van der Waals surface area contributed by atoms with Crippen molar-refractivity contribution in [2.24, 2.45) is 0 Å². The Morgan fingerprint density at radius 3 is 2.56 bits per heavy atom. The van der Waals surface area contributed by atoms with Crippen LogP contribution in [-0.2, 0) is 0 Å². The van der Waals surface area contributed by atoms with Crippen molar-refractivity contribution in [3.05, 3.63) is 59.1 Å². The number of furan rings is 1. The Morgan fingerprint density at radius 2 is 1.85 bits per heavy atom. The number of nitrogen functional groups attached to an aromatic ring is 1. The lowest BCUT2D eigenvalue weighted by molar-refractivity contribution is 0.543. The summed E-state index contributed by atoms with van der Waals surface area (Å²) in [6, 6.07) is 11.7. The largest absolute Gasteiger partial charge is 0.459 e. The Kier molecular flexibility index (Phi) is 3.85. The molecule has 132 valence electrons. The first-order chi connectivity index (χ1) is 13.0. The summed E-state index contributed by atoms with van der Waals surface area (Å²) in [7, 11) is 0. The van der Waals surface area contributed by atoms with Crippen molar-refractivity contribution in [2.45, 2.75) is 20.8 Å². The number of aromatic nitrogens is 3. The molecule has 0 radical (unpaired) electrons. The van der Waals surface area contributed by atoms with E-state index >= 15 is 0 Å². The Hall–Kier alpha value is -3.72. The fourth-order valence-electron chi connectivity index (χ4n) is 3.08. The van der Waals surface area contributed by atoms with Gasteiger partial charge in [-0.05, 0) is 44.5 Å². The Bertz CT molecular complexity index is 1230. The fourth-order valence-corrected chi connectivity index (χ4v) is 3.08. The summed E-state index contributed by atoms with van der Waals surface area (Å²) in [6.45, 7) is 5.89. The van der Waals surface area contributed by atoms with Gasteiger partial charge in [0.1, 0.15) is 23.2 Å². The molecule has 0 aliphatic rings. The lowest BCUT2D eigenvalue weighted by Gasteiger charge is -2.10. The van der Waals surface area contributed by atoms with E-state index in [1.807, 2.05) is 57.2 Å². The predicted octanol–water partition coefficient (Wildman–Crippen LogP) is 4.33. The fraction of sp³-hybridized carbons (Fsp3) is 0.143. The first-order valence-electron chi connectivity index (χ1n) is 8.49. The third-order valence-electron chi connectivity index (χ3n) is 4.81. The molecule has 0 aliphatic heterocycles. The topological polar surface area (TPSA) is 102 Å². The molecule has 4 rings (SSSR count). The Morgan fingerprint density at radius 1 is 1.04 bits per heavy atom.